The second kappa shape index (κ2) is 3.52. The van der Waals surface area contributed by atoms with Gasteiger partial charge in [-0.2, -0.15) is 0 Å². The van der Waals surface area contributed by atoms with Crippen molar-refractivity contribution in [2.75, 3.05) is 0 Å². The van der Waals surface area contributed by atoms with E-state index >= 15 is 0 Å². The minimum Gasteiger partial charge on any atom is -0.135 e. The van der Waals surface area contributed by atoms with Crippen LogP contribution >= 0.6 is 11.3 Å². The summed E-state index contributed by atoms with van der Waals surface area (Å²) in [5.41, 5.74) is 1.25. The molecule has 3 aromatic rings. The minimum absolute atomic E-state index is 1.21. The summed E-state index contributed by atoms with van der Waals surface area (Å²) in [6.07, 6.45) is 0. The van der Waals surface area contributed by atoms with Gasteiger partial charge in [0.1, 0.15) is 0 Å². The van der Waals surface area contributed by atoms with E-state index in [4.69, 9.17) is 0 Å². The van der Waals surface area contributed by atoms with Crippen LogP contribution in [-0.2, 0) is 0 Å². The molecule has 0 N–H and O–H groups in total. The van der Waals surface area contributed by atoms with Gasteiger partial charge in [-0.25, -0.2) is 0 Å². The average molecular weight is 209 g/mol. The second-order valence-corrected chi connectivity index (χ2v) is 4.47. The van der Waals surface area contributed by atoms with E-state index < -0.39 is 0 Å². The fourth-order valence-corrected chi connectivity index (χ4v) is 2.65. The van der Waals surface area contributed by atoms with Crippen molar-refractivity contribution in [3.63, 3.8) is 0 Å². The molecule has 0 fully saturated rings. The Morgan fingerprint density at radius 3 is 2.33 bits per heavy atom. The van der Waals surface area contributed by atoms with Crippen LogP contribution in [-0.4, -0.2) is 0 Å². The fourth-order valence-electron chi connectivity index (χ4n) is 1.64. The molecule has 0 aliphatic heterocycles. The van der Waals surface area contributed by atoms with Crippen molar-refractivity contribution in [2.24, 2.45) is 0 Å². The van der Waals surface area contributed by atoms with E-state index in [-0.39, 0.29) is 0 Å². The second-order valence-electron chi connectivity index (χ2n) is 3.42. The maximum Gasteiger partial charge on any atom is 0.0434 e. The Hall–Kier alpha value is -1.60. The zero-order valence-corrected chi connectivity index (χ0v) is 8.92. The van der Waals surface area contributed by atoms with Crippen LogP contribution in [0.4, 0.5) is 0 Å². The Balaban J connectivity index is 2.21. The molecule has 0 amide bonds. The van der Waals surface area contributed by atoms with E-state index in [1.807, 2.05) is 6.07 Å². The molecule has 0 unspecified atom stereocenters. The van der Waals surface area contributed by atoms with Crippen molar-refractivity contribution in [3.05, 3.63) is 60.7 Å². The maximum atomic E-state index is 3.43. The van der Waals surface area contributed by atoms with Gasteiger partial charge in [0.25, 0.3) is 0 Å². The molecule has 3 rings (SSSR count). The van der Waals surface area contributed by atoms with Crippen LogP contribution in [0.3, 0.4) is 0 Å². The van der Waals surface area contributed by atoms with Crippen molar-refractivity contribution in [1.29, 1.82) is 0 Å². The largest absolute Gasteiger partial charge is 0.135 e. The first-order valence-corrected chi connectivity index (χ1v) is 5.71. The predicted molar refractivity (Wildman–Crippen MR) is 66.1 cm³/mol. The molecule has 0 nitrogen and oxygen atoms in total. The molecule has 1 heteroatoms. The van der Waals surface area contributed by atoms with E-state index in [2.05, 4.69) is 54.6 Å². The summed E-state index contributed by atoms with van der Waals surface area (Å²) in [4.78, 5) is 1.22. The lowest BCUT2D eigenvalue weighted by Gasteiger charge is -1.93. The van der Waals surface area contributed by atoms with E-state index in [1.165, 1.54) is 20.5 Å². The number of thiophene rings is 1. The third kappa shape index (κ3) is 1.55. The summed E-state index contributed by atoms with van der Waals surface area (Å²) >= 11 is 1.79. The van der Waals surface area contributed by atoms with Crippen molar-refractivity contribution in [3.8, 4) is 10.4 Å². The van der Waals surface area contributed by atoms with Crippen LogP contribution in [0, 0.1) is 6.07 Å². The molecule has 0 saturated carbocycles. The van der Waals surface area contributed by atoms with Crippen LogP contribution in [0.25, 0.3) is 20.5 Å². The molecule has 0 spiro atoms. The standard InChI is InChI=1S/C14H9S/c1-2-6-11(7-3-1)14-10-12-8-4-5-9-13(12)15-14/h1-9H. The third-order valence-electron chi connectivity index (χ3n) is 2.38. The van der Waals surface area contributed by atoms with Crippen molar-refractivity contribution in [1.82, 2.24) is 0 Å². The lowest BCUT2D eigenvalue weighted by atomic mass is 10.2. The Labute approximate surface area is 92.8 Å². The van der Waals surface area contributed by atoms with Crippen LogP contribution in [0.5, 0.6) is 0 Å². The Kier molecular flexibility index (Phi) is 2.04. The number of hydrogen-bond acceptors (Lipinski definition) is 1. The van der Waals surface area contributed by atoms with Crippen LogP contribution in [0.2, 0.25) is 0 Å². The molecule has 1 radical (unpaired) electrons. The van der Waals surface area contributed by atoms with Crippen LogP contribution < -0.4 is 0 Å². The minimum atomic E-state index is 1.21. The van der Waals surface area contributed by atoms with Crippen molar-refractivity contribution < 1.29 is 0 Å². The molecular weight excluding hydrogens is 200 g/mol. The van der Waals surface area contributed by atoms with Crippen LogP contribution in [0.1, 0.15) is 0 Å². The van der Waals surface area contributed by atoms with Gasteiger partial charge in [0, 0.05) is 21.0 Å². The van der Waals surface area contributed by atoms with Gasteiger partial charge in [-0.1, -0.05) is 48.5 Å². The third-order valence-corrected chi connectivity index (χ3v) is 3.50. The Morgan fingerprint density at radius 1 is 0.800 bits per heavy atom. The molecule has 1 heterocycles. The molecule has 2 aromatic carbocycles. The zero-order valence-electron chi connectivity index (χ0n) is 8.10. The normalized spacial score (nSPS) is 10.7. The highest BCUT2D eigenvalue weighted by Crippen LogP contribution is 2.32. The van der Waals surface area contributed by atoms with Gasteiger partial charge in [0.2, 0.25) is 0 Å². The van der Waals surface area contributed by atoms with Gasteiger partial charge >= 0.3 is 0 Å². The summed E-state index contributed by atoms with van der Waals surface area (Å²) in [5, 5.41) is 1.21. The first kappa shape index (κ1) is 8.69. The smallest absolute Gasteiger partial charge is 0.0434 e. The SMILES string of the molecule is [c]1c(-c2ccccc2)sc2ccccc12. The molecule has 0 saturated heterocycles. The highest BCUT2D eigenvalue weighted by molar-refractivity contribution is 7.22. The summed E-state index contributed by atoms with van der Waals surface area (Å²) in [5.74, 6) is 0. The van der Waals surface area contributed by atoms with E-state index in [1.54, 1.807) is 11.3 Å². The molecule has 1 aromatic heterocycles. The number of hydrogen-bond donors (Lipinski definition) is 0. The fraction of sp³-hybridized carbons (Fsp3) is 0. The summed E-state index contributed by atoms with van der Waals surface area (Å²) in [6.45, 7) is 0. The molecule has 0 bridgehead atoms. The Morgan fingerprint density at radius 2 is 1.53 bits per heavy atom. The summed E-state index contributed by atoms with van der Waals surface area (Å²) in [6, 6.07) is 22.2. The van der Waals surface area contributed by atoms with Crippen molar-refractivity contribution in [2.45, 2.75) is 0 Å². The van der Waals surface area contributed by atoms with Crippen LogP contribution in [0.15, 0.2) is 54.6 Å². The highest BCUT2D eigenvalue weighted by Gasteiger charge is 2.02. The van der Waals surface area contributed by atoms with Gasteiger partial charge in [-0.05, 0) is 11.6 Å². The van der Waals surface area contributed by atoms with E-state index in [0.29, 0.717) is 0 Å². The van der Waals surface area contributed by atoms with Gasteiger partial charge in [-0.3, -0.25) is 0 Å². The quantitative estimate of drug-likeness (QED) is 0.558. The molecule has 71 valence electrons. The lowest BCUT2D eigenvalue weighted by Crippen LogP contribution is -1.68. The number of benzene rings is 2. The molecule has 0 aliphatic carbocycles. The Bertz CT molecular complexity index is 545. The summed E-state index contributed by atoms with van der Waals surface area (Å²) in [7, 11) is 0. The highest BCUT2D eigenvalue weighted by atomic mass is 32.1. The van der Waals surface area contributed by atoms with E-state index in [9.17, 15) is 0 Å². The van der Waals surface area contributed by atoms with E-state index in [0.717, 1.165) is 0 Å². The lowest BCUT2D eigenvalue weighted by molar-refractivity contribution is 1.70. The van der Waals surface area contributed by atoms with Gasteiger partial charge in [0.05, 0.1) is 0 Å². The zero-order chi connectivity index (χ0) is 10.1. The molecule has 15 heavy (non-hydrogen) atoms. The average Bonchev–Trinajstić information content (AvgIpc) is 2.74. The van der Waals surface area contributed by atoms with Gasteiger partial charge in [0.15, 0.2) is 0 Å². The van der Waals surface area contributed by atoms with Gasteiger partial charge < -0.3 is 0 Å². The molecular formula is C14H9S. The summed E-state index contributed by atoms with van der Waals surface area (Å²) < 4.78 is 1.30. The number of fused-ring (bicyclic) bond motifs is 1. The monoisotopic (exact) mass is 209 g/mol. The first-order valence-electron chi connectivity index (χ1n) is 4.90. The molecule has 0 aliphatic rings. The molecule has 0 atom stereocenters. The predicted octanol–water partition coefficient (Wildman–Crippen LogP) is 4.37. The number of rotatable bonds is 1. The van der Waals surface area contributed by atoms with Crippen molar-refractivity contribution >= 4 is 21.4 Å². The first-order chi connectivity index (χ1) is 7.43. The van der Waals surface area contributed by atoms with Gasteiger partial charge in [-0.15, -0.1) is 11.3 Å². The topological polar surface area (TPSA) is 0 Å². The maximum absolute atomic E-state index is 3.43.